The van der Waals surface area contributed by atoms with Crippen LogP contribution in [-0.4, -0.2) is 65.6 Å². The number of esters is 1. The standard InChI is InChI=1S/C20H30N6O3S/c1-4-29-18(28)15-8-14-16(10-22-15)30-19(25-14)23-12-20(2,3)24-11-17(27)26-7-5-6-13(26)9-21/h13,15,22,24H,4-8,10-12H2,1-3H3,(H,23,25). The molecule has 10 heteroatoms. The Hall–Kier alpha value is -2.22. The Kier molecular flexibility index (Phi) is 7.28. The predicted molar refractivity (Wildman–Crippen MR) is 114 cm³/mol. The molecule has 2 unspecified atom stereocenters. The summed E-state index contributed by atoms with van der Waals surface area (Å²) in [7, 11) is 0. The normalized spacial score (nSPS) is 21.1. The summed E-state index contributed by atoms with van der Waals surface area (Å²) in [5, 5.41) is 19.8. The van der Waals surface area contributed by atoms with Gasteiger partial charge in [-0.3, -0.25) is 14.9 Å². The van der Waals surface area contributed by atoms with Gasteiger partial charge in [-0.05, 0) is 33.6 Å². The molecule has 3 heterocycles. The van der Waals surface area contributed by atoms with Crippen molar-refractivity contribution < 1.29 is 14.3 Å². The van der Waals surface area contributed by atoms with Gasteiger partial charge in [0.15, 0.2) is 5.13 Å². The number of fused-ring (bicyclic) bond motifs is 1. The second-order valence-corrected chi connectivity index (χ2v) is 9.33. The number of rotatable bonds is 8. The Morgan fingerprint density at radius 2 is 2.27 bits per heavy atom. The number of hydrogen-bond acceptors (Lipinski definition) is 9. The first kappa shape index (κ1) is 22.5. The second kappa shape index (κ2) is 9.73. The average Bonchev–Trinajstić information content (AvgIpc) is 3.36. The van der Waals surface area contributed by atoms with E-state index in [0.717, 1.165) is 28.5 Å². The largest absolute Gasteiger partial charge is 0.465 e. The molecule has 3 N–H and O–H groups in total. The lowest BCUT2D eigenvalue weighted by atomic mass is 10.1. The molecule has 0 spiro atoms. The SMILES string of the molecule is CCOC(=O)C1Cc2nc(NCC(C)(C)NCC(=O)N3CCCC3C#N)sc2CN1. The second-order valence-electron chi connectivity index (χ2n) is 8.24. The monoisotopic (exact) mass is 434 g/mol. The topological polar surface area (TPSA) is 119 Å². The van der Waals surface area contributed by atoms with Gasteiger partial charge in [-0.2, -0.15) is 5.26 Å². The van der Waals surface area contributed by atoms with Crippen LogP contribution in [0, 0.1) is 11.3 Å². The maximum Gasteiger partial charge on any atom is 0.323 e. The zero-order valence-corrected chi connectivity index (χ0v) is 18.6. The number of anilines is 1. The first-order chi connectivity index (χ1) is 14.3. The maximum atomic E-state index is 12.4. The van der Waals surface area contributed by atoms with Crippen LogP contribution in [0.4, 0.5) is 5.13 Å². The molecule has 0 saturated carbocycles. The Morgan fingerprint density at radius 1 is 1.47 bits per heavy atom. The van der Waals surface area contributed by atoms with E-state index in [1.54, 1.807) is 23.2 Å². The molecule has 1 amide bonds. The van der Waals surface area contributed by atoms with Crippen molar-refractivity contribution in [1.82, 2.24) is 20.5 Å². The van der Waals surface area contributed by atoms with Crippen molar-refractivity contribution in [2.45, 2.75) is 64.2 Å². The van der Waals surface area contributed by atoms with E-state index in [1.165, 1.54) is 0 Å². The number of aromatic nitrogens is 1. The van der Waals surface area contributed by atoms with Crippen molar-refractivity contribution in [2.24, 2.45) is 0 Å². The van der Waals surface area contributed by atoms with Crippen molar-refractivity contribution in [1.29, 1.82) is 5.26 Å². The molecule has 2 aliphatic heterocycles. The van der Waals surface area contributed by atoms with Crippen LogP contribution in [0.15, 0.2) is 0 Å². The Morgan fingerprint density at radius 3 is 3.00 bits per heavy atom. The number of nitrogens with zero attached hydrogens (tertiary/aromatic N) is 3. The molecule has 2 aliphatic rings. The predicted octanol–water partition coefficient (Wildman–Crippen LogP) is 1.02. The number of nitriles is 1. The summed E-state index contributed by atoms with van der Waals surface area (Å²) in [5.74, 6) is -0.273. The van der Waals surface area contributed by atoms with Crippen LogP contribution in [0.5, 0.6) is 0 Å². The molecule has 164 valence electrons. The van der Waals surface area contributed by atoms with Gasteiger partial charge in [0, 0.05) is 36.5 Å². The van der Waals surface area contributed by atoms with E-state index < -0.39 is 0 Å². The first-order valence-electron chi connectivity index (χ1n) is 10.4. The molecular formula is C20H30N6O3S. The summed E-state index contributed by atoms with van der Waals surface area (Å²) in [6.07, 6.45) is 2.17. The fourth-order valence-electron chi connectivity index (χ4n) is 3.62. The maximum absolute atomic E-state index is 12.4. The zero-order chi connectivity index (χ0) is 21.7. The number of amides is 1. The first-order valence-corrected chi connectivity index (χ1v) is 11.2. The van der Waals surface area contributed by atoms with Gasteiger partial charge in [0.25, 0.3) is 0 Å². The third-order valence-corrected chi connectivity index (χ3v) is 6.43. The summed E-state index contributed by atoms with van der Waals surface area (Å²) >= 11 is 1.58. The molecule has 1 aromatic rings. The van der Waals surface area contributed by atoms with Crippen LogP contribution in [0.2, 0.25) is 0 Å². The summed E-state index contributed by atoms with van der Waals surface area (Å²) in [6, 6.07) is 1.56. The van der Waals surface area contributed by atoms with Crippen molar-refractivity contribution in [2.75, 3.05) is 31.6 Å². The minimum Gasteiger partial charge on any atom is -0.465 e. The summed E-state index contributed by atoms with van der Waals surface area (Å²) in [4.78, 5) is 31.8. The van der Waals surface area contributed by atoms with E-state index in [-0.39, 0.29) is 36.0 Å². The molecule has 0 aliphatic carbocycles. The third kappa shape index (κ3) is 5.47. The molecule has 0 aromatic carbocycles. The van der Waals surface area contributed by atoms with Gasteiger partial charge in [-0.15, -0.1) is 11.3 Å². The van der Waals surface area contributed by atoms with Crippen LogP contribution < -0.4 is 16.0 Å². The van der Waals surface area contributed by atoms with E-state index in [0.29, 0.717) is 32.7 Å². The van der Waals surface area contributed by atoms with Gasteiger partial charge in [0.1, 0.15) is 12.1 Å². The Bertz CT molecular complexity index is 818. The highest BCUT2D eigenvalue weighted by Crippen LogP contribution is 2.27. The van der Waals surface area contributed by atoms with Gasteiger partial charge in [-0.1, -0.05) is 0 Å². The van der Waals surface area contributed by atoms with E-state index in [9.17, 15) is 9.59 Å². The number of hydrogen-bond donors (Lipinski definition) is 3. The fourth-order valence-corrected chi connectivity index (χ4v) is 4.56. The van der Waals surface area contributed by atoms with Crippen LogP contribution >= 0.6 is 11.3 Å². The zero-order valence-electron chi connectivity index (χ0n) is 17.8. The number of ether oxygens (including phenoxy) is 1. The quantitative estimate of drug-likeness (QED) is 0.519. The number of carbonyl (C=O) groups excluding carboxylic acids is 2. The molecule has 1 fully saturated rings. The number of thiazole rings is 1. The highest BCUT2D eigenvalue weighted by atomic mass is 32.1. The molecule has 3 rings (SSSR count). The van der Waals surface area contributed by atoms with Gasteiger partial charge < -0.3 is 20.3 Å². The minimum atomic E-state index is -0.348. The van der Waals surface area contributed by atoms with Crippen molar-refractivity contribution in [3.05, 3.63) is 10.6 Å². The summed E-state index contributed by atoms with van der Waals surface area (Å²) in [5.41, 5.74) is 0.590. The van der Waals surface area contributed by atoms with Gasteiger partial charge >= 0.3 is 5.97 Å². The lowest BCUT2D eigenvalue weighted by Crippen LogP contribution is -2.50. The van der Waals surface area contributed by atoms with Crippen molar-refractivity contribution in [3.8, 4) is 6.07 Å². The van der Waals surface area contributed by atoms with E-state index in [2.05, 4.69) is 27.0 Å². The van der Waals surface area contributed by atoms with Crippen molar-refractivity contribution in [3.63, 3.8) is 0 Å². The van der Waals surface area contributed by atoms with Gasteiger partial charge in [-0.25, -0.2) is 4.98 Å². The number of nitrogens with one attached hydrogen (secondary N) is 3. The average molecular weight is 435 g/mol. The van der Waals surface area contributed by atoms with E-state index >= 15 is 0 Å². The van der Waals surface area contributed by atoms with Crippen LogP contribution in [0.25, 0.3) is 0 Å². The smallest absolute Gasteiger partial charge is 0.323 e. The fraction of sp³-hybridized carbons (Fsp3) is 0.700. The summed E-state index contributed by atoms with van der Waals surface area (Å²) < 4.78 is 5.09. The molecule has 0 radical (unpaired) electrons. The van der Waals surface area contributed by atoms with Crippen molar-refractivity contribution >= 4 is 28.3 Å². The van der Waals surface area contributed by atoms with Gasteiger partial charge in [0.05, 0.1) is 24.9 Å². The van der Waals surface area contributed by atoms with E-state index in [4.69, 9.17) is 10.00 Å². The Labute approximate surface area is 181 Å². The number of likely N-dealkylation sites (tertiary alicyclic amines) is 1. The lowest BCUT2D eigenvalue weighted by molar-refractivity contribution is -0.145. The molecule has 0 bridgehead atoms. The van der Waals surface area contributed by atoms with Crippen LogP contribution in [0.1, 0.15) is 44.2 Å². The molecule has 1 saturated heterocycles. The lowest BCUT2D eigenvalue weighted by Gasteiger charge is -2.28. The molecular weight excluding hydrogens is 404 g/mol. The van der Waals surface area contributed by atoms with Crippen LogP contribution in [0.3, 0.4) is 0 Å². The molecule has 9 nitrogen and oxygen atoms in total. The molecule has 2 atom stereocenters. The van der Waals surface area contributed by atoms with Gasteiger partial charge in [0.2, 0.25) is 5.91 Å². The number of carbonyl (C=O) groups is 2. The Balaban J connectivity index is 1.49. The molecule has 1 aromatic heterocycles. The van der Waals surface area contributed by atoms with Crippen LogP contribution in [-0.2, 0) is 27.3 Å². The summed E-state index contributed by atoms with van der Waals surface area (Å²) in [6.45, 7) is 8.25. The third-order valence-electron chi connectivity index (χ3n) is 5.38. The van der Waals surface area contributed by atoms with E-state index in [1.807, 2.05) is 13.8 Å². The molecule has 30 heavy (non-hydrogen) atoms. The minimum absolute atomic E-state index is 0.0343. The highest BCUT2D eigenvalue weighted by Gasteiger charge is 2.30. The highest BCUT2D eigenvalue weighted by molar-refractivity contribution is 7.15.